The van der Waals surface area contributed by atoms with Crippen molar-refractivity contribution in [3.05, 3.63) is 17.9 Å². The van der Waals surface area contributed by atoms with Gasteiger partial charge in [0.2, 0.25) is 0 Å². The van der Waals surface area contributed by atoms with E-state index < -0.39 is 34.6 Å². The second kappa shape index (κ2) is 7.40. The van der Waals surface area contributed by atoms with Gasteiger partial charge in [-0.3, -0.25) is 4.90 Å². The fourth-order valence-electron chi connectivity index (χ4n) is 3.46. The van der Waals surface area contributed by atoms with Crippen LogP contribution in [0.1, 0.15) is 12.8 Å². The van der Waals surface area contributed by atoms with E-state index in [0.717, 1.165) is 25.0 Å². The Kier molecular flexibility index (Phi) is 5.20. The first-order valence-corrected chi connectivity index (χ1v) is 10.6. The molecule has 29 heavy (non-hydrogen) atoms. The third-order valence-electron chi connectivity index (χ3n) is 5.04. The summed E-state index contributed by atoms with van der Waals surface area (Å²) in [5.41, 5.74) is 0.330. The Morgan fingerprint density at radius 2 is 2.07 bits per heavy atom. The van der Waals surface area contributed by atoms with Crippen LogP contribution in [0.2, 0.25) is 0 Å². The SMILES string of the molecule is O=S1(=O)N=C(C2CC2)Nc2c(NCC3COCCN3CC(F)(F)F)cc(F)cc21. The fraction of sp³-hybridized carbons (Fsp3) is 0.588. The number of morpholine rings is 1. The molecule has 0 amide bonds. The summed E-state index contributed by atoms with van der Waals surface area (Å²) in [6, 6.07) is 1.41. The Balaban J connectivity index is 1.56. The van der Waals surface area contributed by atoms with Crippen molar-refractivity contribution in [2.24, 2.45) is 10.3 Å². The number of ether oxygens (including phenoxy) is 1. The number of rotatable bonds is 5. The minimum Gasteiger partial charge on any atom is -0.382 e. The topological polar surface area (TPSA) is 83.0 Å². The summed E-state index contributed by atoms with van der Waals surface area (Å²) < 4.78 is 86.5. The van der Waals surface area contributed by atoms with E-state index in [1.54, 1.807) is 0 Å². The molecule has 1 saturated heterocycles. The van der Waals surface area contributed by atoms with Crippen LogP contribution in [-0.2, 0) is 14.8 Å². The molecule has 0 radical (unpaired) electrons. The molecule has 7 nitrogen and oxygen atoms in total. The highest BCUT2D eigenvalue weighted by atomic mass is 32.2. The third-order valence-corrected chi connectivity index (χ3v) is 6.36. The van der Waals surface area contributed by atoms with E-state index in [-0.39, 0.29) is 48.5 Å². The number of benzene rings is 1. The Labute approximate surface area is 165 Å². The van der Waals surface area contributed by atoms with Crippen LogP contribution in [0.25, 0.3) is 0 Å². The summed E-state index contributed by atoms with van der Waals surface area (Å²) >= 11 is 0. The quantitative estimate of drug-likeness (QED) is 0.690. The minimum absolute atomic E-state index is 0.0184. The molecule has 1 saturated carbocycles. The van der Waals surface area contributed by atoms with E-state index in [1.807, 2.05) is 0 Å². The van der Waals surface area contributed by atoms with Gasteiger partial charge in [0, 0.05) is 19.0 Å². The van der Waals surface area contributed by atoms with Crippen molar-refractivity contribution in [3.8, 4) is 0 Å². The van der Waals surface area contributed by atoms with Crippen molar-refractivity contribution in [2.75, 3.05) is 43.5 Å². The van der Waals surface area contributed by atoms with Crippen molar-refractivity contribution in [1.29, 1.82) is 0 Å². The number of halogens is 4. The molecule has 1 aromatic carbocycles. The molecule has 1 aromatic rings. The zero-order chi connectivity index (χ0) is 20.8. The Morgan fingerprint density at radius 3 is 2.76 bits per heavy atom. The predicted molar refractivity (Wildman–Crippen MR) is 98.1 cm³/mol. The maximum Gasteiger partial charge on any atom is 0.401 e. The van der Waals surface area contributed by atoms with Gasteiger partial charge >= 0.3 is 6.18 Å². The second-order valence-electron chi connectivity index (χ2n) is 7.37. The number of anilines is 2. The summed E-state index contributed by atoms with van der Waals surface area (Å²) in [7, 11) is -4.06. The first-order chi connectivity index (χ1) is 13.6. The molecule has 0 aromatic heterocycles. The zero-order valence-corrected chi connectivity index (χ0v) is 16.1. The predicted octanol–water partition coefficient (Wildman–Crippen LogP) is 2.42. The van der Waals surface area contributed by atoms with Crippen LogP contribution in [-0.4, -0.2) is 64.2 Å². The van der Waals surface area contributed by atoms with Gasteiger partial charge in [-0.2, -0.15) is 21.6 Å². The van der Waals surface area contributed by atoms with Crippen molar-refractivity contribution in [3.63, 3.8) is 0 Å². The maximum absolute atomic E-state index is 14.1. The number of sulfonamides is 1. The first-order valence-electron chi connectivity index (χ1n) is 9.20. The summed E-state index contributed by atoms with van der Waals surface area (Å²) in [5, 5.41) is 5.87. The third kappa shape index (κ3) is 4.64. The van der Waals surface area contributed by atoms with Crippen molar-refractivity contribution >= 4 is 27.2 Å². The molecule has 2 aliphatic heterocycles. The van der Waals surface area contributed by atoms with Crippen LogP contribution in [0.15, 0.2) is 21.4 Å². The van der Waals surface area contributed by atoms with Crippen LogP contribution in [0, 0.1) is 11.7 Å². The minimum atomic E-state index is -4.35. The molecule has 3 aliphatic rings. The smallest absolute Gasteiger partial charge is 0.382 e. The average Bonchev–Trinajstić information content (AvgIpc) is 3.45. The molecule has 1 aliphatic carbocycles. The number of amidine groups is 1. The summed E-state index contributed by atoms with van der Waals surface area (Å²) in [6.07, 6.45) is -2.72. The summed E-state index contributed by atoms with van der Waals surface area (Å²) in [5.74, 6) is -0.453. The van der Waals surface area contributed by atoms with E-state index in [2.05, 4.69) is 15.0 Å². The van der Waals surface area contributed by atoms with Gasteiger partial charge in [0.15, 0.2) is 0 Å². The van der Waals surface area contributed by atoms with Crippen LogP contribution in [0.4, 0.5) is 28.9 Å². The standard InChI is InChI=1S/C17H20F4N4O3S/c18-11-5-13(22-7-12-8-28-4-3-25(12)9-17(19,20)21)15-14(6-11)29(26,27)24-16(23-15)10-1-2-10/h5-6,10,12,22H,1-4,7-9H2,(H,23,24). The van der Waals surface area contributed by atoms with E-state index >= 15 is 0 Å². The van der Waals surface area contributed by atoms with Crippen LogP contribution in [0.5, 0.6) is 0 Å². The molecule has 160 valence electrons. The van der Waals surface area contributed by atoms with Crippen LogP contribution >= 0.6 is 0 Å². The molecule has 2 fully saturated rings. The highest BCUT2D eigenvalue weighted by Crippen LogP contribution is 2.40. The normalized spacial score (nSPS) is 24.4. The van der Waals surface area contributed by atoms with Crippen molar-refractivity contribution < 1.29 is 30.7 Å². The Bertz CT molecular complexity index is 931. The highest BCUT2D eigenvalue weighted by molar-refractivity contribution is 7.90. The van der Waals surface area contributed by atoms with Gasteiger partial charge in [0.05, 0.1) is 37.2 Å². The van der Waals surface area contributed by atoms with E-state index in [9.17, 15) is 26.0 Å². The van der Waals surface area contributed by atoms with E-state index in [1.165, 1.54) is 4.90 Å². The van der Waals surface area contributed by atoms with Gasteiger partial charge in [-0.25, -0.2) is 4.39 Å². The molecule has 12 heteroatoms. The number of fused-ring (bicyclic) bond motifs is 1. The van der Waals surface area contributed by atoms with Gasteiger partial charge in [-0.1, -0.05) is 0 Å². The molecule has 4 rings (SSSR count). The molecule has 2 N–H and O–H groups in total. The molecule has 1 atom stereocenters. The highest BCUT2D eigenvalue weighted by Gasteiger charge is 2.37. The van der Waals surface area contributed by atoms with Crippen molar-refractivity contribution in [1.82, 2.24) is 4.90 Å². The Morgan fingerprint density at radius 1 is 1.31 bits per heavy atom. The van der Waals surface area contributed by atoms with Gasteiger partial charge in [-0.05, 0) is 25.0 Å². The number of hydrogen-bond acceptors (Lipinski definition) is 6. The number of nitrogens with zero attached hydrogens (tertiary/aromatic N) is 2. The lowest BCUT2D eigenvalue weighted by atomic mass is 10.2. The lowest BCUT2D eigenvalue weighted by molar-refractivity contribution is -0.161. The van der Waals surface area contributed by atoms with E-state index in [4.69, 9.17) is 4.74 Å². The van der Waals surface area contributed by atoms with Gasteiger partial charge in [-0.15, -0.1) is 4.40 Å². The monoisotopic (exact) mass is 436 g/mol. The zero-order valence-electron chi connectivity index (χ0n) is 15.3. The average molecular weight is 436 g/mol. The number of hydrogen-bond donors (Lipinski definition) is 2. The van der Waals surface area contributed by atoms with Gasteiger partial charge < -0.3 is 15.4 Å². The second-order valence-corrected chi connectivity index (χ2v) is 8.95. The summed E-state index contributed by atoms with van der Waals surface area (Å²) in [6.45, 7) is -0.638. The number of alkyl halides is 3. The van der Waals surface area contributed by atoms with Crippen LogP contribution < -0.4 is 10.6 Å². The van der Waals surface area contributed by atoms with E-state index in [0.29, 0.717) is 5.84 Å². The first kappa shape index (κ1) is 20.4. The van der Waals surface area contributed by atoms with Crippen LogP contribution in [0.3, 0.4) is 0 Å². The molecule has 0 bridgehead atoms. The van der Waals surface area contributed by atoms with Gasteiger partial charge in [0.1, 0.15) is 16.5 Å². The fourth-order valence-corrected chi connectivity index (χ4v) is 4.69. The Hall–Kier alpha value is -1.92. The largest absolute Gasteiger partial charge is 0.401 e. The maximum atomic E-state index is 14.1. The summed E-state index contributed by atoms with van der Waals surface area (Å²) in [4.78, 5) is 0.959. The van der Waals surface area contributed by atoms with Crippen molar-refractivity contribution in [2.45, 2.75) is 30.0 Å². The molecular formula is C17H20F4N4O3S. The molecular weight excluding hydrogens is 416 g/mol. The molecule has 1 unspecified atom stereocenters. The lowest BCUT2D eigenvalue weighted by Crippen LogP contribution is -2.52. The molecule has 0 spiro atoms. The lowest BCUT2D eigenvalue weighted by Gasteiger charge is -2.36. The van der Waals surface area contributed by atoms with Gasteiger partial charge in [0.25, 0.3) is 10.0 Å². The number of nitrogens with one attached hydrogen (secondary N) is 2. The molecule has 2 heterocycles.